The molecule has 1 saturated heterocycles. The number of aromatic nitrogens is 2. The molecule has 23 heavy (non-hydrogen) atoms. The van der Waals surface area contributed by atoms with Gasteiger partial charge in [0, 0.05) is 25.7 Å². The lowest BCUT2D eigenvalue weighted by Gasteiger charge is -2.30. The van der Waals surface area contributed by atoms with Crippen LogP contribution in [0.4, 0.5) is 5.82 Å². The number of aryl methyl sites for hydroxylation is 1. The first kappa shape index (κ1) is 17.7. The van der Waals surface area contributed by atoms with Crippen LogP contribution in [0.15, 0.2) is 6.07 Å². The zero-order valence-corrected chi connectivity index (χ0v) is 14.8. The van der Waals surface area contributed by atoms with E-state index in [0.717, 1.165) is 51.3 Å². The molecule has 0 aromatic carbocycles. The summed E-state index contributed by atoms with van der Waals surface area (Å²) in [5, 5.41) is 3.30. The van der Waals surface area contributed by atoms with E-state index in [1.165, 1.54) is 0 Å². The minimum atomic E-state index is 0.0266. The largest absolute Gasteiger partial charge is 0.370 e. The number of carbonyl (C=O) groups excluding carboxylic acids is 1. The lowest BCUT2D eigenvalue weighted by atomic mass is 9.99. The Bertz CT molecular complexity index is 524. The van der Waals surface area contributed by atoms with E-state index in [4.69, 9.17) is 0 Å². The summed E-state index contributed by atoms with van der Waals surface area (Å²) in [6.07, 6.45) is 3.18. The molecule has 2 rings (SSSR count). The van der Waals surface area contributed by atoms with E-state index in [1.54, 1.807) is 6.07 Å². The first-order valence-corrected chi connectivity index (χ1v) is 8.49. The number of piperidine rings is 1. The van der Waals surface area contributed by atoms with Crippen LogP contribution < -0.4 is 5.32 Å². The number of hydrogen-bond acceptors (Lipinski definition) is 5. The van der Waals surface area contributed by atoms with Crippen LogP contribution in [-0.4, -0.2) is 65.9 Å². The minimum absolute atomic E-state index is 0.0266. The van der Waals surface area contributed by atoms with Crippen LogP contribution in [-0.2, 0) is 0 Å². The van der Waals surface area contributed by atoms with Crippen LogP contribution in [0.3, 0.4) is 0 Å². The van der Waals surface area contributed by atoms with Gasteiger partial charge in [-0.15, -0.1) is 0 Å². The number of nitrogens with one attached hydrogen (secondary N) is 1. The highest BCUT2D eigenvalue weighted by molar-refractivity contribution is 5.93. The Balaban J connectivity index is 1.97. The van der Waals surface area contributed by atoms with E-state index < -0.39 is 0 Å². The molecule has 0 saturated carbocycles. The van der Waals surface area contributed by atoms with Crippen molar-refractivity contribution < 1.29 is 4.79 Å². The van der Waals surface area contributed by atoms with Crippen molar-refractivity contribution in [3.05, 3.63) is 17.6 Å². The Morgan fingerprint density at radius 1 is 1.35 bits per heavy atom. The van der Waals surface area contributed by atoms with Crippen molar-refractivity contribution in [2.75, 3.05) is 45.6 Å². The van der Waals surface area contributed by atoms with Gasteiger partial charge in [0.1, 0.15) is 17.3 Å². The van der Waals surface area contributed by atoms with Gasteiger partial charge in [-0.05, 0) is 52.7 Å². The number of hydrogen-bond donors (Lipinski definition) is 1. The molecule has 1 amide bonds. The fourth-order valence-electron chi connectivity index (χ4n) is 2.75. The maximum atomic E-state index is 12.6. The van der Waals surface area contributed by atoms with Crippen molar-refractivity contribution >= 4 is 11.7 Å². The third-order valence-corrected chi connectivity index (χ3v) is 4.22. The summed E-state index contributed by atoms with van der Waals surface area (Å²) < 4.78 is 0. The summed E-state index contributed by atoms with van der Waals surface area (Å²) >= 11 is 0. The molecule has 0 radical (unpaired) electrons. The average molecular weight is 319 g/mol. The number of nitrogens with zero attached hydrogens (tertiary/aromatic N) is 4. The average Bonchev–Trinajstić information content (AvgIpc) is 2.51. The quantitative estimate of drug-likeness (QED) is 0.813. The number of anilines is 1. The smallest absolute Gasteiger partial charge is 0.272 e. The van der Waals surface area contributed by atoms with Crippen LogP contribution in [0.1, 0.15) is 42.5 Å². The molecule has 1 aliphatic rings. The van der Waals surface area contributed by atoms with E-state index in [0.29, 0.717) is 17.4 Å². The first-order chi connectivity index (χ1) is 11.0. The van der Waals surface area contributed by atoms with Gasteiger partial charge in [0.05, 0.1) is 0 Å². The van der Waals surface area contributed by atoms with Crippen LogP contribution in [0.2, 0.25) is 0 Å². The van der Waals surface area contributed by atoms with Crippen LogP contribution in [0.25, 0.3) is 0 Å². The molecule has 6 heteroatoms. The lowest BCUT2D eigenvalue weighted by Crippen LogP contribution is -2.38. The summed E-state index contributed by atoms with van der Waals surface area (Å²) in [6.45, 7) is 7.59. The second-order valence-corrected chi connectivity index (χ2v) is 6.74. The molecule has 1 aromatic rings. The van der Waals surface area contributed by atoms with E-state index in [1.807, 2.05) is 11.8 Å². The topological polar surface area (TPSA) is 61.4 Å². The molecule has 1 aliphatic heterocycles. The highest BCUT2D eigenvalue weighted by Gasteiger charge is 2.23. The summed E-state index contributed by atoms with van der Waals surface area (Å²) in [7, 11) is 4.12. The molecule has 0 bridgehead atoms. The van der Waals surface area contributed by atoms with Gasteiger partial charge in [0.15, 0.2) is 0 Å². The third-order valence-electron chi connectivity index (χ3n) is 4.22. The number of carbonyl (C=O) groups is 1. The van der Waals surface area contributed by atoms with Crippen molar-refractivity contribution in [1.29, 1.82) is 0 Å². The van der Waals surface area contributed by atoms with Gasteiger partial charge >= 0.3 is 0 Å². The maximum absolute atomic E-state index is 12.6. The Morgan fingerprint density at radius 3 is 2.70 bits per heavy atom. The van der Waals surface area contributed by atoms with Gasteiger partial charge in [-0.2, -0.15) is 0 Å². The minimum Gasteiger partial charge on any atom is -0.370 e. The molecule has 1 fully saturated rings. The summed E-state index contributed by atoms with van der Waals surface area (Å²) in [6, 6.07) is 1.78. The maximum Gasteiger partial charge on any atom is 0.272 e. The van der Waals surface area contributed by atoms with E-state index in [-0.39, 0.29) is 5.91 Å². The summed E-state index contributed by atoms with van der Waals surface area (Å²) in [5.74, 6) is 2.11. The predicted octanol–water partition coefficient (Wildman–Crippen LogP) is 2.02. The number of amides is 1. The van der Waals surface area contributed by atoms with Gasteiger partial charge in [-0.1, -0.05) is 6.92 Å². The van der Waals surface area contributed by atoms with E-state index >= 15 is 0 Å². The molecular formula is C17H29N5O. The molecule has 0 spiro atoms. The van der Waals surface area contributed by atoms with Crippen LogP contribution in [0.5, 0.6) is 0 Å². The van der Waals surface area contributed by atoms with Crippen molar-refractivity contribution in [3.8, 4) is 0 Å². The second-order valence-electron chi connectivity index (χ2n) is 6.74. The zero-order valence-electron chi connectivity index (χ0n) is 14.8. The third kappa shape index (κ3) is 5.46. The van der Waals surface area contributed by atoms with Crippen molar-refractivity contribution in [3.63, 3.8) is 0 Å². The molecule has 1 aromatic heterocycles. The molecule has 0 unspecified atom stereocenters. The van der Waals surface area contributed by atoms with Crippen molar-refractivity contribution in [2.24, 2.45) is 5.92 Å². The lowest BCUT2D eigenvalue weighted by molar-refractivity contribution is 0.0691. The molecule has 0 atom stereocenters. The van der Waals surface area contributed by atoms with E-state index in [9.17, 15) is 4.79 Å². The monoisotopic (exact) mass is 319 g/mol. The second kappa shape index (κ2) is 8.24. The van der Waals surface area contributed by atoms with Gasteiger partial charge < -0.3 is 15.1 Å². The SMILES string of the molecule is Cc1nc(NCCCN(C)C)cc(C(=O)N2CCC(C)CC2)n1. The molecular weight excluding hydrogens is 290 g/mol. The van der Waals surface area contributed by atoms with Gasteiger partial charge in [-0.3, -0.25) is 4.79 Å². The fourth-order valence-corrected chi connectivity index (χ4v) is 2.75. The normalized spacial score (nSPS) is 16.0. The number of rotatable bonds is 6. The van der Waals surface area contributed by atoms with Crippen LogP contribution >= 0.6 is 0 Å². The summed E-state index contributed by atoms with van der Waals surface area (Å²) in [5.41, 5.74) is 0.502. The summed E-state index contributed by atoms with van der Waals surface area (Å²) in [4.78, 5) is 25.4. The first-order valence-electron chi connectivity index (χ1n) is 8.49. The highest BCUT2D eigenvalue weighted by atomic mass is 16.2. The Labute approximate surface area is 139 Å². The predicted molar refractivity (Wildman–Crippen MR) is 92.7 cm³/mol. The fraction of sp³-hybridized carbons (Fsp3) is 0.706. The Kier molecular flexibility index (Phi) is 6.33. The van der Waals surface area contributed by atoms with Gasteiger partial charge in [0.2, 0.25) is 0 Å². The highest BCUT2D eigenvalue weighted by Crippen LogP contribution is 2.18. The van der Waals surface area contributed by atoms with Crippen LogP contribution in [0, 0.1) is 12.8 Å². The molecule has 2 heterocycles. The van der Waals surface area contributed by atoms with Gasteiger partial charge in [0.25, 0.3) is 5.91 Å². The number of likely N-dealkylation sites (tertiary alicyclic amines) is 1. The van der Waals surface area contributed by atoms with Gasteiger partial charge in [-0.25, -0.2) is 9.97 Å². The standard InChI is InChI=1S/C17H29N5O/c1-13-6-10-22(11-7-13)17(23)15-12-16(20-14(2)19-15)18-8-5-9-21(3)4/h12-13H,5-11H2,1-4H3,(H,18,19,20). The molecule has 6 nitrogen and oxygen atoms in total. The van der Waals surface area contributed by atoms with Crippen molar-refractivity contribution in [1.82, 2.24) is 19.8 Å². The molecule has 128 valence electrons. The van der Waals surface area contributed by atoms with E-state index in [2.05, 4.69) is 41.2 Å². The Hall–Kier alpha value is -1.69. The van der Waals surface area contributed by atoms with Crippen molar-refractivity contribution in [2.45, 2.75) is 33.1 Å². The molecule has 0 aliphatic carbocycles. The Morgan fingerprint density at radius 2 is 2.04 bits per heavy atom. The molecule has 1 N–H and O–H groups in total. The zero-order chi connectivity index (χ0) is 16.8.